The number of hydrogen-bond donors (Lipinski definition) is 1. The van der Waals surface area contributed by atoms with Crippen molar-refractivity contribution in [3.05, 3.63) is 64.3 Å². The van der Waals surface area contributed by atoms with Crippen LogP contribution in [0, 0.1) is 6.92 Å². The Labute approximate surface area is 168 Å². The monoisotopic (exact) mass is 441 g/mol. The molecule has 1 atom stereocenters. The molecule has 27 heavy (non-hydrogen) atoms. The Hall–Kier alpha value is -2.38. The fourth-order valence-electron chi connectivity index (χ4n) is 3.00. The van der Waals surface area contributed by atoms with Gasteiger partial charge in [-0.2, -0.15) is 0 Å². The van der Waals surface area contributed by atoms with Crippen molar-refractivity contribution in [3.63, 3.8) is 0 Å². The van der Waals surface area contributed by atoms with E-state index in [-0.39, 0.29) is 11.0 Å². The third-order valence-corrected chi connectivity index (χ3v) is 5.69. The molecule has 0 aliphatic carbocycles. The number of nitrogens with zero attached hydrogens (tertiary/aromatic N) is 2. The van der Waals surface area contributed by atoms with E-state index in [1.54, 1.807) is 0 Å². The molecule has 0 amide bonds. The standard InChI is InChI=1S/C20H16BrN3O2S/c1-11-17(15-8-3-4-9-16(15)22-11)18(25)12(2)27-20-24-23-19(26-20)13-6-5-7-14(21)10-13/h3-10,12,22H,1-2H3. The molecule has 4 aromatic rings. The first-order valence-corrected chi connectivity index (χ1v) is 10.1. The van der Waals surface area contributed by atoms with Crippen LogP contribution in [0.5, 0.6) is 0 Å². The number of hydrogen-bond acceptors (Lipinski definition) is 5. The Kier molecular flexibility index (Phi) is 4.88. The van der Waals surface area contributed by atoms with Gasteiger partial charge in [-0.25, -0.2) is 0 Å². The van der Waals surface area contributed by atoms with E-state index < -0.39 is 0 Å². The lowest BCUT2D eigenvalue weighted by Crippen LogP contribution is -2.14. The zero-order valence-electron chi connectivity index (χ0n) is 14.7. The van der Waals surface area contributed by atoms with Gasteiger partial charge in [0.05, 0.1) is 5.25 Å². The van der Waals surface area contributed by atoms with Crippen LogP contribution in [0.3, 0.4) is 0 Å². The third-order valence-electron chi connectivity index (χ3n) is 4.26. The fourth-order valence-corrected chi connectivity index (χ4v) is 4.14. The number of carbonyl (C=O) groups is 1. The topological polar surface area (TPSA) is 71.8 Å². The van der Waals surface area contributed by atoms with Crippen molar-refractivity contribution in [2.24, 2.45) is 0 Å². The Balaban J connectivity index is 1.56. The van der Waals surface area contributed by atoms with Crippen molar-refractivity contribution >= 4 is 44.4 Å². The van der Waals surface area contributed by atoms with Crippen LogP contribution >= 0.6 is 27.7 Å². The zero-order valence-corrected chi connectivity index (χ0v) is 17.1. The predicted molar refractivity (Wildman–Crippen MR) is 110 cm³/mol. The number of H-pyrrole nitrogens is 1. The van der Waals surface area contributed by atoms with Gasteiger partial charge in [0.1, 0.15) is 0 Å². The molecule has 2 heterocycles. The molecule has 4 rings (SSSR count). The van der Waals surface area contributed by atoms with Crippen LogP contribution in [0.15, 0.2) is 62.6 Å². The van der Waals surface area contributed by atoms with Crippen LogP contribution in [-0.2, 0) is 0 Å². The second-order valence-electron chi connectivity index (χ2n) is 6.18. The SMILES string of the molecule is Cc1[nH]c2ccccc2c1C(=O)C(C)Sc1nnc(-c2cccc(Br)c2)o1. The van der Waals surface area contributed by atoms with Crippen molar-refractivity contribution < 1.29 is 9.21 Å². The van der Waals surface area contributed by atoms with E-state index in [1.807, 2.05) is 62.4 Å². The van der Waals surface area contributed by atoms with Gasteiger partial charge in [0.15, 0.2) is 5.78 Å². The average molecular weight is 442 g/mol. The summed E-state index contributed by atoms with van der Waals surface area (Å²) in [4.78, 5) is 16.3. The Morgan fingerprint density at radius 1 is 1.19 bits per heavy atom. The number of carbonyl (C=O) groups excluding carboxylic acids is 1. The van der Waals surface area contributed by atoms with Crippen molar-refractivity contribution in [2.45, 2.75) is 24.3 Å². The summed E-state index contributed by atoms with van der Waals surface area (Å²) < 4.78 is 6.68. The van der Waals surface area contributed by atoms with E-state index in [4.69, 9.17) is 4.42 Å². The molecule has 1 unspecified atom stereocenters. The van der Waals surface area contributed by atoms with E-state index in [2.05, 4.69) is 31.1 Å². The van der Waals surface area contributed by atoms with Gasteiger partial charge < -0.3 is 9.40 Å². The smallest absolute Gasteiger partial charge is 0.277 e. The first-order valence-electron chi connectivity index (χ1n) is 8.40. The number of aromatic amines is 1. The number of halogens is 1. The van der Waals surface area contributed by atoms with E-state index in [0.717, 1.165) is 32.2 Å². The second kappa shape index (κ2) is 7.32. The molecule has 5 nitrogen and oxygen atoms in total. The van der Waals surface area contributed by atoms with E-state index in [1.165, 1.54) is 11.8 Å². The van der Waals surface area contributed by atoms with Crippen molar-refractivity contribution in [1.29, 1.82) is 0 Å². The maximum absolute atomic E-state index is 13.0. The molecular formula is C20H16BrN3O2S. The number of thioether (sulfide) groups is 1. The molecule has 2 aromatic carbocycles. The highest BCUT2D eigenvalue weighted by Gasteiger charge is 2.24. The van der Waals surface area contributed by atoms with Crippen LogP contribution in [0.1, 0.15) is 23.0 Å². The van der Waals surface area contributed by atoms with Gasteiger partial charge in [-0.1, -0.05) is 52.0 Å². The Bertz CT molecular complexity index is 1140. The number of rotatable bonds is 5. The average Bonchev–Trinajstić information content (AvgIpc) is 3.24. The van der Waals surface area contributed by atoms with Crippen molar-refractivity contribution in [2.75, 3.05) is 0 Å². The molecule has 0 spiro atoms. The van der Waals surface area contributed by atoms with Gasteiger partial charge in [-0.15, -0.1) is 10.2 Å². The van der Waals surface area contributed by atoms with Gasteiger partial charge in [0, 0.05) is 32.2 Å². The first-order chi connectivity index (χ1) is 13.0. The summed E-state index contributed by atoms with van der Waals surface area (Å²) in [5, 5.41) is 9.14. The van der Waals surface area contributed by atoms with Gasteiger partial charge >= 0.3 is 0 Å². The Morgan fingerprint density at radius 2 is 2.00 bits per heavy atom. The van der Waals surface area contributed by atoms with Crippen LogP contribution in [0.4, 0.5) is 0 Å². The summed E-state index contributed by atoms with van der Waals surface area (Å²) in [5.74, 6) is 0.471. The highest BCUT2D eigenvalue weighted by molar-refractivity contribution is 9.10. The third kappa shape index (κ3) is 3.57. The van der Waals surface area contributed by atoms with Gasteiger partial charge in [-0.3, -0.25) is 4.79 Å². The van der Waals surface area contributed by atoms with E-state index in [9.17, 15) is 4.79 Å². The fraction of sp³-hybridized carbons (Fsp3) is 0.150. The summed E-state index contributed by atoms with van der Waals surface area (Å²) in [6, 6.07) is 15.5. The largest absolute Gasteiger partial charge is 0.411 e. The molecule has 7 heteroatoms. The van der Waals surface area contributed by atoms with Crippen LogP contribution < -0.4 is 0 Å². The van der Waals surface area contributed by atoms with Crippen LogP contribution in [0.25, 0.3) is 22.4 Å². The molecule has 0 bridgehead atoms. The number of para-hydroxylation sites is 1. The molecule has 0 saturated carbocycles. The predicted octanol–water partition coefficient (Wildman–Crippen LogP) is 5.65. The zero-order chi connectivity index (χ0) is 19.0. The maximum atomic E-state index is 13.0. The van der Waals surface area contributed by atoms with Gasteiger partial charge in [0.25, 0.3) is 5.22 Å². The lowest BCUT2D eigenvalue weighted by Gasteiger charge is -2.07. The minimum absolute atomic E-state index is 0.0390. The summed E-state index contributed by atoms with van der Waals surface area (Å²) in [6.07, 6.45) is 0. The molecular weight excluding hydrogens is 426 g/mol. The number of benzene rings is 2. The van der Waals surface area contributed by atoms with Crippen LogP contribution in [0.2, 0.25) is 0 Å². The molecule has 0 fully saturated rings. The lowest BCUT2D eigenvalue weighted by molar-refractivity contribution is 0.0994. The summed E-state index contributed by atoms with van der Waals surface area (Å²) >= 11 is 4.70. The summed E-state index contributed by atoms with van der Waals surface area (Å²) in [7, 11) is 0. The van der Waals surface area contributed by atoms with E-state index in [0.29, 0.717) is 11.1 Å². The minimum Gasteiger partial charge on any atom is -0.411 e. The summed E-state index contributed by atoms with van der Waals surface area (Å²) in [6.45, 7) is 3.78. The molecule has 2 aromatic heterocycles. The Morgan fingerprint density at radius 3 is 2.81 bits per heavy atom. The number of fused-ring (bicyclic) bond motifs is 1. The molecule has 0 aliphatic rings. The second-order valence-corrected chi connectivity index (χ2v) is 8.39. The quantitative estimate of drug-likeness (QED) is 0.319. The lowest BCUT2D eigenvalue weighted by atomic mass is 10.1. The van der Waals surface area contributed by atoms with E-state index >= 15 is 0 Å². The van der Waals surface area contributed by atoms with Gasteiger partial charge in [-0.05, 0) is 38.1 Å². The number of ketones is 1. The van der Waals surface area contributed by atoms with Gasteiger partial charge in [0.2, 0.25) is 5.89 Å². The molecule has 136 valence electrons. The maximum Gasteiger partial charge on any atom is 0.277 e. The highest BCUT2D eigenvalue weighted by Crippen LogP contribution is 2.31. The first kappa shape index (κ1) is 18.0. The summed E-state index contributed by atoms with van der Waals surface area (Å²) in [5.41, 5.74) is 3.38. The number of aryl methyl sites for hydroxylation is 1. The van der Waals surface area contributed by atoms with Crippen LogP contribution in [-0.4, -0.2) is 26.2 Å². The van der Waals surface area contributed by atoms with Crippen molar-refractivity contribution in [3.8, 4) is 11.5 Å². The number of nitrogens with one attached hydrogen (secondary N) is 1. The molecule has 0 aliphatic heterocycles. The minimum atomic E-state index is -0.348. The van der Waals surface area contributed by atoms with Crippen molar-refractivity contribution in [1.82, 2.24) is 15.2 Å². The molecule has 0 saturated heterocycles. The normalized spacial score (nSPS) is 12.4. The highest BCUT2D eigenvalue weighted by atomic mass is 79.9. The molecule has 0 radical (unpaired) electrons. The number of aromatic nitrogens is 3. The number of Topliss-reactive ketones (excluding diaryl/α,β-unsaturated/α-hetero) is 1. The molecule has 1 N–H and O–H groups in total.